The maximum atomic E-state index is 2.42. The monoisotopic (exact) mass is 384 g/mol. The smallest absolute Gasteiger partial charge is 0.0661 e. The molecule has 0 N–H and O–H groups in total. The number of hydrogen-bond donors (Lipinski definition) is 0. The standard InChI is InChI=1S/C10H10I2/c11-10(12)8-4-7-9-5-2-1-3-6-9/h1-7,10H,8H2/b7-4+. The first kappa shape index (κ1) is 10.5. The van der Waals surface area contributed by atoms with E-state index in [1.807, 2.05) is 6.07 Å². The van der Waals surface area contributed by atoms with E-state index in [1.165, 1.54) is 5.56 Å². The Bertz CT molecular complexity index is 239. The maximum absolute atomic E-state index is 2.42. The number of allylic oxidation sites excluding steroid dienone is 1. The minimum Gasteiger partial charge on any atom is -0.0821 e. The van der Waals surface area contributed by atoms with Gasteiger partial charge >= 0.3 is 0 Å². The fourth-order valence-corrected chi connectivity index (χ4v) is 1.46. The Morgan fingerprint density at radius 2 is 1.83 bits per heavy atom. The molecule has 2 heteroatoms. The summed E-state index contributed by atoms with van der Waals surface area (Å²) < 4.78 is 0.695. The van der Waals surface area contributed by atoms with Crippen molar-refractivity contribution in [3.63, 3.8) is 0 Å². The summed E-state index contributed by atoms with van der Waals surface area (Å²) in [6.45, 7) is 0. The third-order valence-corrected chi connectivity index (χ3v) is 2.44. The predicted octanol–water partition coefficient (Wildman–Crippen LogP) is 4.29. The van der Waals surface area contributed by atoms with Gasteiger partial charge < -0.3 is 0 Å². The Morgan fingerprint density at radius 1 is 1.17 bits per heavy atom. The van der Waals surface area contributed by atoms with Crippen molar-refractivity contribution < 1.29 is 0 Å². The van der Waals surface area contributed by atoms with E-state index in [0.29, 0.717) is 1.93 Å². The quantitative estimate of drug-likeness (QED) is 0.539. The lowest BCUT2D eigenvalue weighted by molar-refractivity contribution is 1.26. The molecule has 64 valence electrons. The molecule has 0 nitrogen and oxygen atoms in total. The van der Waals surface area contributed by atoms with Crippen LogP contribution in [0.4, 0.5) is 0 Å². The Labute approximate surface area is 101 Å². The average molecular weight is 384 g/mol. The van der Waals surface area contributed by atoms with E-state index < -0.39 is 0 Å². The highest BCUT2D eigenvalue weighted by Crippen LogP contribution is 2.15. The van der Waals surface area contributed by atoms with Crippen molar-refractivity contribution in [2.24, 2.45) is 0 Å². The van der Waals surface area contributed by atoms with Crippen LogP contribution in [-0.2, 0) is 0 Å². The van der Waals surface area contributed by atoms with Crippen LogP contribution in [0.25, 0.3) is 6.08 Å². The van der Waals surface area contributed by atoms with Crippen LogP contribution in [0.3, 0.4) is 0 Å². The molecule has 12 heavy (non-hydrogen) atoms. The van der Waals surface area contributed by atoms with Gasteiger partial charge in [-0.2, -0.15) is 0 Å². The average Bonchev–Trinajstić information content (AvgIpc) is 2.05. The number of benzene rings is 1. The second-order valence-corrected chi connectivity index (χ2v) is 7.83. The van der Waals surface area contributed by atoms with E-state index in [-0.39, 0.29) is 0 Å². The molecule has 0 saturated heterocycles. The van der Waals surface area contributed by atoms with Crippen LogP contribution in [0.5, 0.6) is 0 Å². The normalized spacial score (nSPS) is 11.2. The summed E-state index contributed by atoms with van der Waals surface area (Å²) in [7, 11) is 0. The molecular formula is C10H10I2. The van der Waals surface area contributed by atoms with E-state index in [0.717, 1.165) is 6.42 Å². The SMILES string of the molecule is IC(I)C/C=C/c1ccccc1. The summed E-state index contributed by atoms with van der Waals surface area (Å²) in [5.41, 5.74) is 1.28. The molecule has 0 heterocycles. The van der Waals surface area contributed by atoms with E-state index >= 15 is 0 Å². The van der Waals surface area contributed by atoms with E-state index in [2.05, 4.69) is 81.6 Å². The molecule has 1 rings (SSSR count). The zero-order valence-corrected chi connectivity index (χ0v) is 10.9. The summed E-state index contributed by atoms with van der Waals surface area (Å²) in [5.74, 6) is 0. The van der Waals surface area contributed by atoms with Gasteiger partial charge in [0, 0.05) is 0 Å². The zero-order chi connectivity index (χ0) is 8.81. The van der Waals surface area contributed by atoms with Gasteiger partial charge in [0.2, 0.25) is 0 Å². The van der Waals surface area contributed by atoms with Crippen molar-refractivity contribution >= 4 is 51.3 Å². The van der Waals surface area contributed by atoms with E-state index in [1.54, 1.807) is 0 Å². The summed E-state index contributed by atoms with van der Waals surface area (Å²) in [5, 5.41) is 0. The molecule has 0 spiro atoms. The third-order valence-electron chi connectivity index (χ3n) is 1.42. The van der Waals surface area contributed by atoms with Gasteiger partial charge in [-0.1, -0.05) is 87.7 Å². The second-order valence-electron chi connectivity index (χ2n) is 2.44. The van der Waals surface area contributed by atoms with Crippen molar-refractivity contribution in [2.45, 2.75) is 8.35 Å². The molecule has 0 unspecified atom stereocenters. The van der Waals surface area contributed by atoms with E-state index in [4.69, 9.17) is 0 Å². The van der Waals surface area contributed by atoms with Gasteiger partial charge in [-0.15, -0.1) is 0 Å². The first-order valence-corrected chi connectivity index (χ1v) is 6.28. The van der Waals surface area contributed by atoms with Crippen LogP contribution in [-0.4, -0.2) is 1.93 Å². The maximum Gasteiger partial charge on any atom is 0.0661 e. The van der Waals surface area contributed by atoms with Gasteiger partial charge in [0.15, 0.2) is 0 Å². The van der Waals surface area contributed by atoms with Gasteiger partial charge in [0.25, 0.3) is 0 Å². The third kappa shape index (κ3) is 4.45. The highest BCUT2D eigenvalue weighted by Gasteiger charge is 1.90. The molecular weight excluding hydrogens is 374 g/mol. The summed E-state index contributed by atoms with van der Waals surface area (Å²) in [6.07, 6.45) is 5.53. The van der Waals surface area contributed by atoms with Crippen molar-refractivity contribution in [3.05, 3.63) is 42.0 Å². The summed E-state index contributed by atoms with van der Waals surface area (Å²) >= 11 is 4.84. The first-order chi connectivity index (χ1) is 5.79. The number of hydrogen-bond acceptors (Lipinski definition) is 0. The fourth-order valence-electron chi connectivity index (χ4n) is 0.871. The Balaban J connectivity index is 2.47. The molecule has 0 aliphatic heterocycles. The van der Waals surface area contributed by atoms with Gasteiger partial charge in [-0.05, 0) is 12.0 Å². The van der Waals surface area contributed by atoms with Crippen LogP contribution < -0.4 is 0 Å². The lowest BCUT2D eigenvalue weighted by Crippen LogP contribution is -1.77. The van der Waals surface area contributed by atoms with Crippen LogP contribution >= 0.6 is 45.2 Å². The van der Waals surface area contributed by atoms with Crippen molar-refractivity contribution in [1.82, 2.24) is 0 Å². The Hall–Kier alpha value is 0.420. The Morgan fingerprint density at radius 3 is 2.42 bits per heavy atom. The minimum absolute atomic E-state index is 0.695. The molecule has 0 radical (unpaired) electrons. The molecule has 0 bridgehead atoms. The largest absolute Gasteiger partial charge is 0.0821 e. The lowest BCUT2D eigenvalue weighted by atomic mass is 10.2. The molecule has 0 saturated carbocycles. The molecule has 1 aromatic carbocycles. The van der Waals surface area contributed by atoms with Crippen LogP contribution in [0, 0.1) is 0 Å². The van der Waals surface area contributed by atoms with Crippen LogP contribution in [0.2, 0.25) is 0 Å². The fraction of sp³-hybridized carbons (Fsp3) is 0.200. The van der Waals surface area contributed by atoms with Crippen LogP contribution in [0.15, 0.2) is 36.4 Å². The van der Waals surface area contributed by atoms with Crippen molar-refractivity contribution in [2.75, 3.05) is 0 Å². The van der Waals surface area contributed by atoms with Gasteiger partial charge in [-0.3, -0.25) is 0 Å². The first-order valence-electron chi connectivity index (χ1n) is 3.79. The topological polar surface area (TPSA) is 0 Å². The number of halogens is 2. The van der Waals surface area contributed by atoms with Gasteiger partial charge in [-0.25, -0.2) is 0 Å². The molecule has 0 amide bonds. The highest BCUT2D eigenvalue weighted by molar-refractivity contribution is 14.2. The molecule has 0 fully saturated rings. The molecule has 1 aromatic rings. The lowest BCUT2D eigenvalue weighted by Gasteiger charge is -1.93. The molecule has 0 aliphatic carbocycles. The molecule has 0 aromatic heterocycles. The predicted molar refractivity (Wildman–Crippen MR) is 71.9 cm³/mol. The number of rotatable bonds is 3. The Kier molecular flexibility index (Phi) is 5.22. The second kappa shape index (κ2) is 5.96. The van der Waals surface area contributed by atoms with Gasteiger partial charge in [0.1, 0.15) is 0 Å². The minimum atomic E-state index is 0.695. The highest BCUT2D eigenvalue weighted by atomic mass is 127. The van der Waals surface area contributed by atoms with E-state index in [9.17, 15) is 0 Å². The molecule has 0 atom stereocenters. The molecule has 0 aliphatic rings. The van der Waals surface area contributed by atoms with Crippen molar-refractivity contribution in [3.8, 4) is 0 Å². The number of alkyl halides is 2. The van der Waals surface area contributed by atoms with Crippen LogP contribution in [0.1, 0.15) is 12.0 Å². The summed E-state index contributed by atoms with van der Waals surface area (Å²) in [4.78, 5) is 0. The van der Waals surface area contributed by atoms with Crippen molar-refractivity contribution in [1.29, 1.82) is 0 Å². The van der Waals surface area contributed by atoms with Gasteiger partial charge in [0.05, 0.1) is 1.93 Å². The summed E-state index contributed by atoms with van der Waals surface area (Å²) in [6, 6.07) is 10.4. The zero-order valence-electron chi connectivity index (χ0n) is 6.58.